The van der Waals surface area contributed by atoms with E-state index in [1.54, 1.807) is 18.2 Å². The van der Waals surface area contributed by atoms with Crippen LogP contribution in [0.3, 0.4) is 0 Å². The number of nitriles is 1. The van der Waals surface area contributed by atoms with Gasteiger partial charge in [0.15, 0.2) is 11.5 Å². The van der Waals surface area contributed by atoms with Crippen molar-refractivity contribution >= 4 is 18.0 Å². The van der Waals surface area contributed by atoms with Crippen molar-refractivity contribution in [2.75, 3.05) is 14.2 Å². The molecule has 0 bridgehead atoms. The summed E-state index contributed by atoms with van der Waals surface area (Å²) >= 11 is 0. The molecule has 6 heteroatoms. The fraction of sp³-hybridized carbons (Fsp3) is 0.214. The highest BCUT2D eigenvalue weighted by molar-refractivity contribution is 5.97. The van der Waals surface area contributed by atoms with Gasteiger partial charge >= 0.3 is 11.9 Å². The maximum atomic E-state index is 11.3. The van der Waals surface area contributed by atoms with Crippen LogP contribution >= 0.6 is 0 Å². The molecule has 0 heterocycles. The summed E-state index contributed by atoms with van der Waals surface area (Å²) in [5, 5.41) is 8.87. The van der Waals surface area contributed by atoms with Crippen LogP contribution in [0.4, 0.5) is 0 Å². The molecule has 0 aliphatic carbocycles. The standard InChI is InChI=1S/C14H13NO5/c1-9(16)20-12-5-4-10(7-13(12)18-2)6-11(8-15)14(17)19-3/h4-7H,1-3H3/b11-6+. The third-order valence-corrected chi connectivity index (χ3v) is 2.28. The van der Waals surface area contributed by atoms with E-state index in [1.807, 2.05) is 0 Å². The lowest BCUT2D eigenvalue weighted by Gasteiger charge is -2.08. The molecule has 0 aliphatic heterocycles. The van der Waals surface area contributed by atoms with E-state index in [0.717, 1.165) is 0 Å². The zero-order valence-electron chi connectivity index (χ0n) is 11.3. The molecule has 1 aromatic carbocycles. The molecule has 0 spiro atoms. The summed E-state index contributed by atoms with van der Waals surface area (Å²) in [7, 11) is 2.61. The molecule has 0 atom stereocenters. The Hall–Kier alpha value is -2.81. The Morgan fingerprint density at radius 2 is 1.95 bits per heavy atom. The fourth-order valence-corrected chi connectivity index (χ4v) is 1.43. The van der Waals surface area contributed by atoms with Crippen LogP contribution in [0.1, 0.15) is 12.5 Å². The minimum absolute atomic E-state index is 0.144. The van der Waals surface area contributed by atoms with Crippen LogP contribution in [0.15, 0.2) is 23.8 Å². The minimum atomic E-state index is -0.726. The summed E-state index contributed by atoms with van der Waals surface area (Å²) in [6.07, 6.45) is 1.35. The predicted molar refractivity (Wildman–Crippen MR) is 69.9 cm³/mol. The molecule has 104 valence electrons. The number of benzene rings is 1. The van der Waals surface area contributed by atoms with Gasteiger partial charge in [-0.05, 0) is 23.8 Å². The average molecular weight is 275 g/mol. The maximum absolute atomic E-state index is 11.3. The predicted octanol–water partition coefficient (Wildman–Crippen LogP) is 1.70. The molecule has 0 aromatic heterocycles. The number of methoxy groups -OCH3 is 2. The van der Waals surface area contributed by atoms with Gasteiger partial charge in [-0.2, -0.15) is 5.26 Å². The van der Waals surface area contributed by atoms with E-state index < -0.39 is 11.9 Å². The second-order valence-corrected chi connectivity index (χ2v) is 3.67. The molecule has 0 N–H and O–H groups in total. The number of esters is 2. The normalized spacial score (nSPS) is 10.4. The van der Waals surface area contributed by atoms with Gasteiger partial charge in [0.05, 0.1) is 14.2 Å². The summed E-state index contributed by atoms with van der Waals surface area (Å²) in [6.45, 7) is 1.28. The summed E-state index contributed by atoms with van der Waals surface area (Å²) < 4.78 is 14.5. The van der Waals surface area contributed by atoms with Gasteiger partial charge in [-0.15, -0.1) is 0 Å². The van der Waals surface area contributed by atoms with Crippen molar-refractivity contribution < 1.29 is 23.8 Å². The Balaban J connectivity index is 3.16. The molecular formula is C14H13NO5. The van der Waals surface area contributed by atoms with E-state index in [1.165, 1.54) is 33.3 Å². The van der Waals surface area contributed by atoms with Crippen molar-refractivity contribution in [3.63, 3.8) is 0 Å². The molecule has 1 rings (SSSR count). The van der Waals surface area contributed by atoms with Crippen LogP contribution in [0.5, 0.6) is 11.5 Å². The Morgan fingerprint density at radius 1 is 1.25 bits per heavy atom. The van der Waals surface area contributed by atoms with Crippen LogP contribution < -0.4 is 9.47 Å². The molecule has 0 saturated heterocycles. The molecule has 0 radical (unpaired) electrons. The highest BCUT2D eigenvalue weighted by Crippen LogP contribution is 2.29. The minimum Gasteiger partial charge on any atom is -0.493 e. The van der Waals surface area contributed by atoms with Gasteiger partial charge in [-0.25, -0.2) is 4.79 Å². The van der Waals surface area contributed by atoms with Gasteiger partial charge in [-0.3, -0.25) is 4.79 Å². The Labute approximate surface area is 116 Å². The molecule has 0 unspecified atom stereocenters. The van der Waals surface area contributed by atoms with Crippen molar-refractivity contribution in [1.82, 2.24) is 0 Å². The number of hydrogen-bond acceptors (Lipinski definition) is 6. The van der Waals surface area contributed by atoms with E-state index >= 15 is 0 Å². The van der Waals surface area contributed by atoms with Crippen LogP contribution in [0.25, 0.3) is 6.08 Å². The number of carbonyl (C=O) groups excluding carboxylic acids is 2. The topological polar surface area (TPSA) is 85.6 Å². The number of ether oxygens (including phenoxy) is 3. The Bertz CT molecular complexity index is 598. The number of carbonyl (C=O) groups is 2. The summed E-state index contributed by atoms with van der Waals surface area (Å²) in [4.78, 5) is 22.2. The number of rotatable bonds is 4. The van der Waals surface area contributed by atoms with Crippen LogP contribution in [-0.4, -0.2) is 26.2 Å². The first kappa shape index (κ1) is 15.2. The SMILES string of the molecule is COC(=O)/C(C#N)=C/c1ccc(OC(C)=O)c(OC)c1. The molecule has 0 saturated carbocycles. The fourth-order valence-electron chi connectivity index (χ4n) is 1.43. The molecule has 20 heavy (non-hydrogen) atoms. The van der Waals surface area contributed by atoms with E-state index in [9.17, 15) is 9.59 Å². The van der Waals surface area contributed by atoms with Gasteiger partial charge in [0.1, 0.15) is 11.6 Å². The first-order valence-electron chi connectivity index (χ1n) is 5.58. The molecule has 0 amide bonds. The lowest BCUT2D eigenvalue weighted by atomic mass is 10.1. The molecule has 6 nitrogen and oxygen atoms in total. The highest BCUT2D eigenvalue weighted by Gasteiger charge is 2.11. The van der Waals surface area contributed by atoms with E-state index in [4.69, 9.17) is 14.7 Å². The lowest BCUT2D eigenvalue weighted by Crippen LogP contribution is -2.04. The second kappa shape index (κ2) is 6.95. The molecule has 1 aromatic rings. The summed E-state index contributed by atoms with van der Waals surface area (Å²) in [5.41, 5.74) is 0.398. The summed E-state index contributed by atoms with van der Waals surface area (Å²) in [5.74, 6) is -0.626. The lowest BCUT2D eigenvalue weighted by molar-refractivity contribution is -0.135. The van der Waals surface area contributed by atoms with Crippen molar-refractivity contribution in [1.29, 1.82) is 5.26 Å². The van der Waals surface area contributed by atoms with Crippen LogP contribution in [0, 0.1) is 11.3 Å². The third kappa shape index (κ3) is 3.85. The van der Waals surface area contributed by atoms with Crippen LogP contribution in [0.2, 0.25) is 0 Å². The van der Waals surface area contributed by atoms with Gasteiger partial charge < -0.3 is 14.2 Å². The smallest absolute Gasteiger partial charge is 0.348 e. The van der Waals surface area contributed by atoms with E-state index in [-0.39, 0.29) is 11.3 Å². The van der Waals surface area contributed by atoms with E-state index in [2.05, 4.69) is 4.74 Å². The van der Waals surface area contributed by atoms with Crippen LogP contribution in [-0.2, 0) is 14.3 Å². The quantitative estimate of drug-likeness (QED) is 0.360. The van der Waals surface area contributed by atoms with Gasteiger partial charge in [-0.1, -0.05) is 6.07 Å². The third-order valence-electron chi connectivity index (χ3n) is 2.28. The zero-order chi connectivity index (χ0) is 15.1. The molecule has 0 fully saturated rings. The van der Waals surface area contributed by atoms with E-state index in [0.29, 0.717) is 11.3 Å². The maximum Gasteiger partial charge on any atom is 0.348 e. The monoisotopic (exact) mass is 275 g/mol. The van der Waals surface area contributed by atoms with Gasteiger partial charge in [0.25, 0.3) is 0 Å². The largest absolute Gasteiger partial charge is 0.493 e. The first-order chi connectivity index (χ1) is 9.51. The molecule has 0 aliphatic rings. The number of hydrogen-bond donors (Lipinski definition) is 0. The highest BCUT2D eigenvalue weighted by atomic mass is 16.6. The van der Waals surface area contributed by atoms with Gasteiger partial charge in [0.2, 0.25) is 0 Å². The van der Waals surface area contributed by atoms with Gasteiger partial charge in [0, 0.05) is 6.92 Å². The Morgan fingerprint density at radius 3 is 2.45 bits per heavy atom. The number of nitrogens with zero attached hydrogens (tertiary/aromatic N) is 1. The summed E-state index contributed by atoms with van der Waals surface area (Å²) in [6, 6.07) is 6.38. The van der Waals surface area contributed by atoms with Crippen molar-refractivity contribution in [2.24, 2.45) is 0 Å². The van der Waals surface area contributed by atoms with Crippen molar-refractivity contribution in [2.45, 2.75) is 6.92 Å². The average Bonchev–Trinajstić information content (AvgIpc) is 2.44. The first-order valence-corrected chi connectivity index (χ1v) is 5.58. The van der Waals surface area contributed by atoms with Crippen molar-refractivity contribution in [3.8, 4) is 17.6 Å². The Kier molecular flexibility index (Phi) is 5.30. The second-order valence-electron chi connectivity index (χ2n) is 3.67. The van der Waals surface area contributed by atoms with Crippen molar-refractivity contribution in [3.05, 3.63) is 29.3 Å². The zero-order valence-corrected chi connectivity index (χ0v) is 11.3. The molecular weight excluding hydrogens is 262 g/mol.